The number of likely N-dealkylation sites (N-methyl/N-ethyl adjacent to an activating group) is 1. The molecule has 1 fully saturated rings. The summed E-state index contributed by atoms with van der Waals surface area (Å²) in [7, 11) is 2.25. The third-order valence-corrected chi connectivity index (χ3v) is 4.95. The molecule has 0 spiro atoms. The lowest BCUT2D eigenvalue weighted by Gasteiger charge is -2.24. The Morgan fingerprint density at radius 2 is 2.14 bits per heavy atom. The molecule has 4 heteroatoms. The molecule has 1 saturated carbocycles. The monoisotopic (exact) mass is 308 g/mol. The van der Waals surface area contributed by atoms with Crippen molar-refractivity contribution in [3.8, 4) is 5.75 Å². The van der Waals surface area contributed by atoms with E-state index in [4.69, 9.17) is 16.3 Å². The maximum absolute atomic E-state index is 6.19. The second-order valence-electron chi connectivity index (χ2n) is 6.25. The predicted molar refractivity (Wildman–Crippen MR) is 87.2 cm³/mol. The third kappa shape index (κ3) is 3.71. The summed E-state index contributed by atoms with van der Waals surface area (Å²) in [5, 5.41) is 4.35. The van der Waals surface area contributed by atoms with Crippen molar-refractivity contribution in [2.24, 2.45) is 0 Å². The van der Waals surface area contributed by atoms with Crippen LogP contribution in [0.1, 0.15) is 36.8 Å². The summed E-state index contributed by atoms with van der Waals surface area (Å²) in [6.07, 6.45) is 6.51. The second kappa shape index (κ2) is 6.99. The number of benzene rings is 1. The molecule has 0 aromatic heterocycles. The Bertz CT molecular complexity index is 486. The van der Waals surface area contributed by atoms with E-state index >= 15 is 0 Å². The van der Waals surface area contributed by atoms with Crippen molar-refractivity contribution in [1.82, 2.24) is 10.2 Å². The molecule has 1 N–H and O–H groups in total. The molecule has 2 aliphatic rings. The van der Waals surface area contributed by atoms with Gasteiger partial charge in [-0.25, -0.2) is 0 Å². The van der Waals surface area contributed by atoms with Crippen LogP contribution in [-0.2, 0) is 13.0 Å². The molecule has 0 atom stereocenters. The molecule has 0 saturated heterocycles. The van der Waals surface area contributed by atoms with Crippen LogP contribution in [0.5, 0.6) is 5.75 Å². The van der Waals surface area contributed by atoms with Gasteiger partial charge in [0.05, 0.1) is 6.61 Å². The van der Waals surface area contributed by atoms with Crippen molar-refractivity contribution >= 4 is 11.6 Å². The summed E-state index contributed by atoms with van der Waals surface area (Å²) in [5.74, 6) is 1.05. The van der Waals surface area contributed by atoms with Gasteiger partial charge in [-0.3, -0.25) is 0 Å². The molecule has 116 valence electrons. The maximum atomic E-state index is 6.19. The van der Waals surface area contributed by atoms with Crippen molar-refractivity contribution in [2.45, 2.75) is 44.7 Å². The first kappa shape index (κ1) is 15.1. The van der Waals surface area contributed by atoms with Crippen LogP contribution in [0.25, 0.3) is 0 Å². The van der Waals surface area contributed by atoms with Gasteiger partial charge in [0.1, 0.15) is 5.75 Å². The van der Waals surface area contributed by atoms with Gasteiger partial charge < -0.3 is 15.0 Å². The van der Waals surface area contributed by atoms with Crippen molar-refractivity contribution in [3.05, 3.63) is 28.3 Å². The van der Waals surface area contributed by atoms with E-state index in [0.717, 1.165) is 49.5 Å². The molecule has 1 heterocycles. The number of ether oxygens (including phenoxy) is 1. The number of fused-ring (bicyclic) bond motifs is 1. The summed E-state index contributed by atoms with van der Waals surface area (Å²) in [4.78, 5) is 2.50. The summed E-state index contributed by atoms with van der Waals surface area (Å²) in [5.41, 5.74) is 2.45. The van der Waals surface area contributed by atoms with Gasteiger partial charge in [0.15, 0.2) is 0 Å². The number of hydrogen-bond acceptors (Lipinski definition) is 3. The minimum atomic E-state index is 0.785. The smallest absolute Gasteiger partial charge is 0.127 e. The second-order valence-corrected chi connectivity index (χ2v) is 6.68. The Morgan fingerprint density at radius 1 is 1.33 bits per heavy atom. The average molecular weight is 309 g/mol. The zero-order valence-electron chi connectivity index (χ0n) is 12.8. The summed E-state index contributed by atoms with van der Waals surface area (Å²) in [6, 6.07) is 4.85. The molecule has 1 aliphatic heterocycles. The van der Waals surface area contributed by atoms with Crippen LogP contribution in [0.4, 0.5) is 0 Å². The molecule has 1 aliphatic carbocycles. The van der Waals surface area contributed by atoms with Crippen molar-refractivity contribution < 1.29 is 4.74 Å². The van der Waals surface area contributed by atoms with Crippen molar-refractivity contribution in [1.29, 1.82) is 0 Å². The van der Waals surface area contributed by atoms with Crippen molar-refractivity contribution in [2.75, 3.05) is 26.7 Å². The first-order valence-corrected chi connectivity index (χ1v) is 8.47. The van der Waals surface area contributed by atoms with Crippen LogP contribution in [-0.4, -0.2) is 37.7 Å². The Morgan fingerprint density at radius 3 is 2.95 bits per heavy atom. The number of nitrogens with zero attached hydrogens (tertiary/aromatic N) is 1. The highest BCUT2D eigenvalue weighted by Gasteiger charge is 2.19. The third-order valence-electron chi connectivity index (χ3n) is 4.73. The molecular formula is C17H25ClN2O. The van der Waals surface area contributed by atoms with Gasteiger partial charge in [0, 0.05) is 42.7 Å². The fourth-order valence-corrected chi connectivity index (χ4v) is 3.75. The van der Waals surface area contributed by atoms with E-state index in [9.17, 15) is 0 Å². The number of hydrogen-bond donors (Lipinski definition) is 1. The molecule has 0 unspecified atom stereocenters. The van der Waals surface area contributed by atoms with Gasteiger partial charge in [-0.2, -0.15) is 0 Å². The number of halogens is 1. The molecule has 0 radical (unpaired) electrons. The number of rotatable bonds is 6. The Kier molecular flexibility index (Phi) is 5.04. The van der Waals surface area contributed by atoms with Gasteiger partial charge in [-0.15, -0.1) is 0 Å². The quantitative estimate of drug-likeness (QED) is 0.817. The normalized spacial score (nSPS) is 18.2. The highest BCUT2D eigenvalue weighted by atomic mass is 35.5. The zero-order valence-corrected chi connectivity index (χ0v) is 13.6. The van der Waals surface area contributed by atoms with E-state index in [2.05, 4.69) is 17.3 Å². The molecule has 3 nitrogen and oxygen atoms in total. The first-order valence-electron chi connectivity index (χ1n) is 8.09. The molecule has 0 amide bonds. The van der Waals surface area contributed by atoms with Gasteiger partial charge in [-0.1, -0.05) is 24.4 Å². The highest BCUT2D eigenvalue weighted by molar-refractivity contribution is 6.30. The van der Waals surface area contributed by atoms with Crippen LogP contribution in [0, 0.1) is 0 Å². The SMILES string of the molecule is CN(CCNCc1cc(Cl)cc2c1OCC2)C1CCCC1. The molecule has 3 rings (SSSR count). The lowest BCUT2D eigenvalue weighted by Crippen LogP contribution is -2.35. The average Bonchev–Trinajstić information content (AvgIpc) is 3.13. The first-order chi connectivity index (χ1) is 10.2. The van der Waals surface area contributed by atoms with Crippen LogP contribution in [0.3, 0.4) is 0 Å². The molecule has 1 aromatic carbocycles. The summed E-state index contributed by atoms with van der Waals surface area (Å²) in [6.45, 7) is 3.73. The minimum absolute atomic E-state index is 0.785. The van der Waals surface area contributed by atoms with E-state index in [1.54, 1.807) is 0 Å². The lowest BCUT2D eigenvalue weighted by atomic mass is 10.1. The zero-order chi connectivity index (χ0) is 14.7. The number of nitrogens with one attached hydrogen (secondary N) is 1. The van der Waals surface area contributed by atoms with Gasteiger partial charge in [0.25, 0.3) is 0 Å². The Balaban J connectivity index is 1.47. The van der Waals surface area contributed by atoms with Crippen LogP contribution >= 0.6 is 11.6 Å². The summed E-state index contributed by atoms with van der Waals surface area (Å²) >= 11 is 6.19. The van der Waals surface area contributed by atoms with E-state index in [1.165, 1.54) is 36.8 Å². The van der Waals surface area contributed by atoms with Crippen LogP contribution < -0.4 is 10.1 Å². The molecular weight excluding hydrogens is 284 g/mol. The van der Waals surface area contributed by atoms with E-state index < -0.39 is 0 Å². The van der Waals surface area contributed by atoms with Crippen LogP contribution in [0.15, 0.2) is 12.1 Å². The molecule has 1 aromatic rings. The van der Waals surface area contributed by atoms with E-state index in [-0.39, 0.29) is 0 Å². The minimum Gasteiger partial charge on any atom is -0.493 e. The fourth-order valence-electron chi connectivity index (χ4n) is 3.48. The van der Waals surface area contributed by atoms with Crippen LogP contribution in [0.2, 0.25) is 5.02 Å². The maximum Gasteiger partial charge on any atom is 0.127 e. The topological polar surface area (TPSA) is 24.5 Å². The van der Waals surface area contributed by atoms with Gasteiger partial charge >= 0.3 is 0 Å². The lowest BCUT2D eigenvalue weighted by molar-refractivity contribution is 0.245. The Labute approximate surface area is 132 Å². The van der Waals surface area contributed by atoms with E-state index in [0.29, 0.717) is 0 Å². The Hall–Kier alpha value is -0.770. The van der Waals surface area contributed by atoms with Gasteiger partial charge in [-0.05, 0) is 37.6 Å². The highest BCUT2D eigenvalue weighted by Crippen LogP contribution is 2.32. The molecule has 21 heavy (non-hydrogen) atoms. The van der Waals surface area contributed by atoms with Gasteiger partial charge in [0.2, 0.25) is 0 Å². The molecule has 0 bridgehead atoms. The summed E-state index contributed by atoms with van der Waals surface area (Å²) < 4.78 is 5.73. The predicted octanol–water partition coefficient (Wildman–Crippen LogP) is 3.24. The van der Waals surface area contributed by atoms with Crippen molar-refractivity contribution in [3.63, 3.8) is 0 Å². The largest absolute Gasteiger partial charge is 0.493 e. The fraction of sp³-hybridized carbons (Fsp3) is 0.647. The van der Waals surface area contributed by atoms with E-state index in [1.807, 2.05) is 12.1 Å². The standard InChI is InChI=1S/C17H25ClN2O/c1-20(16-4-2-3-5-16)8-7-19-12-14-11-15(18)10-13-6-9-21-17(13)14/h10-11,16,19H,2-9,12H2,1H3.